The molecule has 3 rings (SSSR count). The van der Waals surface area contributed by atoms with Crippen LogP contribution in [0.5, 0.6) is 0 Å². The van der Waals surface area contributed by atoms with Gasteiger partial charge in [-0.05, 0) is 51.2 Å². The Balaban J connectivity index is 1.49. The van der Waals surface area contributed by atoms with Crippen LogP contribution in [0.1, 0.15) is 24.6 Å². The molecule has 1 aliphatic heterocycles. The van der Waals surface area contributed by atoms with E-state index in [1.165, 1.54) is 18.5 Å². The molecular formula is C19H27N3O. The molecule has 2 heterocycles. The second-order valence-electron chi connectivity index (χ2n) is 6.50. The van der Waals surface area contributed by atoms with Crippen molar-refractivity contribution in [1.29, 1.82) is 0 Å². The molecule has 1 aromatic carbocycles. The van der Waals surface area contributed by atoms with Gasteiger partial charge in [0.2, 0.25) is 0 Å². The number of rotatable bonds is 6. The first-order valence-electron chi connectivity index (χ1n) is 8.47. The van der Waals surface area contributed by atoms with E-state index >= 15 is 0 Å². The summed E-state index contributed by atoms with van der Waals surface area (Å²) in [5.74, 6) is 1.03. The molecule has 1 aliphatic rings. The van der Waals surface area contributed by atoms with Crippen molar-refractivity contribution in [2.75, 3.05) is 38.6 Å². The van der Waals surface area contributed by atoms with Crippen molar-refractivity contribution in [2.24, 2.45) is 0 Å². The molecule has 4 nitrogen and oxygen atoms in total. The zero-order valence-corrected chi connectivity index (χ0v) is 14.1. The lowest BCUT2D eigenvalue weighted by Crippen LogP contribution is -2.44. The van der Waals surface area contributed by atoms with Gasteiger partial charge in [-0.1, -0.05) is 18.2 Å². The van der Waals surface area contributed by atoms with Gasteiger partial charge in [-0.3, -0.25) is 4.90 Å². The van der Waals surface area contributed by atoms with Gasteiger partial charge in [-0.15, -0.1) is 0 Å². The van der Waals surface area contributed by atoms with Crippen LogP contribution in [0, 0.1) is 0 Å². The van der Waals surface area contributed by atoms with Gasteiger partial charge < -0.3 is 14.6 Å². The zero-order chi connectivity index (χ0) is 16.1. The predicted molar refractivity (Wildman–Crippen MR) is 94.8 cm³/mol. The van der Waals surface area contributed by atoms with Crippen LogP contribution in [0.15, 0.2) is 53.1 Å². The Morgan fingerprint density at radius 1 is 1.13 bits per heavy atom. The highest BCUT2D eigenvalue weighted by molar-refractivity contribution is 5.46. The van der Waals surface area contributed by atoms with Gasteiger partial charge in [0.05, 0.1) is 12.3 Å². The maximum atomic E-state index is 5.58. The van der Waals surface area contributed by atoms with Crippen molar-refractivity contribution in [3.05, 3.63) is 54.5 Å². The lowest BCUT2D eigenvalue weighted by Gasteiger charge is -2.35. The van der Waals surface area contributed by atoms with E-state index in [1.54, 1.807) is 6.26 Å². The van der Waals surface area contributed by atoms with Gasteiger partial charge in [0.15, 0.2) is 0 Å². The molecular weight excluding hydrogens is 286 g/mol. The highest BCUT2D eigenvalue weighted by Gasteiger charge is 2.22. The number of anilines is 1. The number of benzene rings is 1. The third kappa shape index (κ3) is 4.15. The number of hydrogen-bond acceptors (Lipinski definition) is 4. The Bertz CT molecular complexity index is 560. The van der Waals surface area contributed by atoms with E-state index in [0.717, 1.165) is 25.4 Å². The average molecular weight is 313 g/mol. The summed E-state index contributed by atoms with van der Waals surface area (Å²) >= 11 is 0. The molecule has 0 saturated carbocycles. The van der Waals surface area contributed by atoms with Crippen LogP contribution < -0.4 is 10.2 Å². The first kappa shape index (κ1) is 16.1. The number of likely N-dealkylation sites (N-methyl/N-ethyl adjacent to an activating group) is 1. The van der Waals surface area contributed by atoms with Crippen molar-refractivity contribution in [3.8, 4) is 0 Å². The highest BCUT2D eigenvalue weighted by Crippen LogP contribution is 2.21. The molecule has 0 bridgehead atoms. The fourth-order valence-corrected chi connectivity index (χ4v) is 3.28. The minimum absolute atomic E-state index is 0.289. The molecule has 4 heteroatoms. The van der Waals surface area contributed by atoms with E-state index in [4.69, 9.17) is 4.42 Å². The normalized spacial score (nSPS) is 17.6. The first-order chi connectivity index (χ1) is 11.2. The number of nitrogens with zero attached hydrogens (tertiary/aromatic N) is 2. The van der Waals surface area contributed by atoms with Crippen LogP contribution >= 0.6 is 0 Å². The number of hydrogen-bond donors (Lipinski definition) is 1. The molecule has 1 atom stereocenters. The summed E-state index contributed by atoms with van der Waals surface area (Å²) in [6, 6.07) is 15.6. The summed E-state index contributed by atoms with van der Waals surface area (Å²) in [5.41, 5.74) is 1.34. The quantitative estimate of drug-likeness (QED) is 0.888. The van der Waals surface area contributed by atoms with E-state index in [2.05, 4.69) is 65.6 Å². The standard InChI is InChI=1S/C19H27N3O/c1-21(2)18(19-9-6-14-23-19)15-20-16-10-12-22(13-11-16)17-7-4-3-5-8-17/h3-9,14,16,18,20H,10-13,15H2,1-2H3. The summed E-state index contributed by atoms with van der Waals surface area (Å²) in [4.78, 5) is 4.69. The second kappa shape index (κ2) is 7.66. The van der Waals surface area contributed by atoms with Gasteiger partial charge in [-0.2, -0.15) is 0 Å². The Hall–Kier alpha value is -1.78. The lowest BCUT2D eigenvalue weighted by atomic mass is 10.0. The Kier molecular flexibility index (Phi) is 5.36. The van der Waals surface area contributed by atoms with Gasteiger partial charge in [0.1, 0.15) is 5.76 Å². The fourth-order valence-electron chi connectivity index (χ4n) is 3.28. The molecule has 0 radical (unpaired) electrons. The van der Waals surface area contributed by atoms with Crippen molar-refractivity contribution in [2.45, 2.75) is 24.9 Å². The summed E-state index contributed by atoms with van der Waals surface area (Å²) in [6.07, 6.45) is 4.13. The van der Waals surface area contributed by atoms with Gasteiger partial charge in [-0.25, -0.2) is 0 Å². The van der Waals surface area contributed by atoms with Gasteiger partial charge in [0, 0.05) is 31.4 Å². The van der Waals surface area contributed by atoms with Crippen LogP contribution in [0.3, 0.4) is 0 Å². The van der Waals surface area contributed by atoms with Crippen molar-refractivity contribution in [1.82, 2.24) is 10.2 Å². The SMILES string of the molecule is CN(C)C(CNC1CCN(c2ccccc2)CC1)c1ccco1. The highest BCUT2D eigenvalue weighted by atomic mass is 16.3. The smallest absolute Gasteiger partial charge is 0.122 e. The molecule has 0 aliphatic carbocycles. The van der Waals surface area contributed by atoms with Gasteiger partial charge >= 0.3 is 0 Å². The third-order valence-electron chi connectivity index (χ3n) is 4.71. The van der Waals surface area contributed by atoms with Crippen LogP contribution in [0.25, 0.3) is 0 Å². The molecule has 2 aromatic rings. The van der Waals surface area contributed by atoms with E-state index < -0.39 is 0 Å². The van der Waals surface area contributed by atoms with Crippen LogP contribution in [0.4, 0.5) is 5.69 Å². The number of para-hydroxylation sites is 1. The van der Waals surface area contributed by atoms with Crippen molar-refractivity contribution in [3.63, 3.8) is 0 Å². The van der Waals surface area contributed by atoms with E-state index in [-0.39, 0.29) is 6.04 Å². The second-order valence-corrected chi connectivity index (χ2v) is 6.50. The van der Waals surface area contributed by atoms with Gasteiger partial charge in [0.25, 0.3) is 0 Å². The number of piperidine rings is 1. The predicted octanol–water partition coefficient (Wildman–Crippen LogP) is 3.14. The molecule has 124 valence electrons. The van der Waals surface area contributed by atoms with E-state index in [9.17, 15) is 0 Å². The summed E-state index contributed by atoms with van der Waals surface area (Å²) in [5, 5.41) is 3.73. The maximum absolute atomic E-state index is 5.58. The molecule has 1 saturated heterocycles. The van der Waals surface area contributed by atoms with E-state index in [1.807, 2.05) is 6.07 Å². The Morgan fingerprint density at radius 2 is 1.87 bits per heavy atom. The summed E-state index contributed by atoms with van der Waals surface area (Å²) < 4.78 is 5.58. The topological polar surface area (TPSA) is 31.6 Å². The van der Waals surface area contributed by atoms with E-state index in [0.29, 0.717) is 6.04 Å². The zero-order valence-electron chi connectivity index (χ0n) is 14.1. The third-order valence-corrected chi connectivity index (χ3v) is 4.71. The maximum Gasteiger partial charge on any atom is 0.122 e. The molecule has 1 N–H and O–H groups in total. The summed E-state index contributed by atoms with van der Waals surface area (Å²) in [7, 11) is 4.21. The van der Waals surface area contributed by atoms with Crippen molar-refractivity contribution < 1.29 is 4.42 Å². The summed E-state index contributed by atoms with van der Waals surface area (Å²) in [6.45, 7) is 3.17. The molecule has 1 unspecified atom stereocenters. The lowest BCUT2D eigenvalue weighted by molar-refractivity contribution is 0.238. The number of furan rings is 1. The minimum atomic E-state index is 0.289. The molecule has 0 spiro atoms. The fraction of sp³-hybridized carbons (Fsp3) is 0.474. The largest absolute Gasteiger partial charge is 0.468 e. The van der Waals surface area contributed by atoms with Crippen LogP contribution in [-0.4, -0.2) is 44.7 Å². The van der Waals surface area contributed by atoms with Crippen LogP contribution in [0.2, 0.25) is 0 Å². The Labute approximate surface area is 139 Å². The first-order valence-corrected chi connectivity index (χ1v) is 8.47. The van der Waals surface area contributed by atoms with Crippen LogP contribution in [-0.2, 0) is 0 Å². The average Bonchev–Trinajstić information content (AvgIpc) is 3.10. The molecule has 23 heavy (non-hydrogen) atoms. The molecule has 1 fully saturated rings. The Morgan fingerprint density at radius 3 is 2.48 bits per heavy atom. The minimum Gasteiger partial charge on any atom is -0.468 e. The number of nitrogens with one attached hydrogen (secondary N) is 1. The molecule has 0 amide bonds. The monoisotopic (exact) mass is 313 g/mol. The molecule has 1 aromatic heterocycles. The van der Waals surface area contributed by atoms with Crippen molar-refractivity contribution >= 4 is 5.69 Å².